The summed E-state index contributed by atoms with van der Waals surface area (Å²) in [6.45, 7) is 2.91. The van der Waals surface area contributed by atoms with Crippen molar-refractivity contribution in [3.8, 4) is 11.5 Å². The van der Waals surface area contributed by atoms with E-state index in [4.69, 9.17) is 9.47 Å². The molecule has 0 unspecified atom stereocenters. The largest absolute Gasteiger partial charge is 0.497 e. The second-order valence-corrected chi connectivity index (χ2v) is 4.71. The summed E-state index contributed by atoms with van der Waals surface area (Å²) in [5.74, 6) is 1.82. The maximum absolute atomic E-state index is 5.32. The third-order valence-corrected chi connectivity index (χ3v) is 3.29. The minimum Gasteiger partial charge on any atom is -0.497 e. The normalized spacial score (nSPS) is 10.2. The predicted molar refractivity (Wildman–Crippen MR) is 82.9 cm³/mol. The standard InChI is InChI=1S/C17H21NO2/c1-13-7-8-15(12-17(13)20-3)18-10-9-14-5-4-6-16(11-14)19-2/h4-8,11-12,18H,9-10H2,1-3H3. The van der Waals surface area contributed by atoms with Crippen LogP contribution in [0.25, 0.3) is 0 Å². The second-order valence-electron chi connectivity index (χ2n) is 4.71. The van der Waals surface area contributed by atoms with E-state index < -0.39 is 0 Å². The Morgan fingerprint density at radius 1 is 1.00 bits per heavy atom. The van der Waals surface area contributed by atoms with E-state index in [1.54, 1.807) is 14.2 Å². The summed E-state index contributed by atoms with van der Waals surface area (Å²) in [5, 5.41) is 3.41. The molecular weight excluding hydrogens is 250 g/mol. The van der Waals surface area contributed by atoms with E-state index >= 15 is 0 Å². The van der Waals surface area contributed by atoms with Crippen molar-refractivity contribution in [3.05, 3.63) is 53.6 Å². The molecule has 1 N–H and O–H groups in total. The van der Waals surface area contributed by atoms with Crippen molar-refractivity contribution >= 4 is 5.69 Å². The quantitative estimate of drug-likeness (QED) is 0.869. The minimum absolute atomic E-state index is 0.874. The van der Waals surface area contributed by atoms with Crippen molar-refractivity contribution < 1.29 is 9.47 Å². The van der Waals surface area contributed by atoms with E-state index in [9.17, 15) is 0 Å². The van der Waals surface area contributed by atoms with Crippen LogP contribution in [0.3, 0.4) is 0 Å². The number of rotatable bonds is 6. The first-order valence-electron chi connectivity index (χ1n) is 6.74. The van der Waals surface area contributed by atoms with Crippen molar-refractivity contribution in [1.82, 2.24) is 0 Å². The number of nitrogens with one attached hydrogen (secondary N) is 1. The predicted octanol–water partition coefficient (Wildman–Crippen LogP) is 3.67. The fourth-order valence-corrected chi connectivity index (χ4v) is 2.11. The third kappa shape index (κ3) is 3.67. The van der Waals surface area contributed by atoms with E-state index in [1.807, 2.05) is 25.1 Å². The molecule has 20 heavy (non-hydrogen) atoms. The van der Waals surface area contributed by atoms with Gasteiger partial charge in [-0.05, 0) is 42.7 Å². The lowest BCUT2D eigenvalue weighted by Gasteiger charge is -2.10. The zero-order valence-electron chi connectivity index (χ0n) is 12.3. The number of benzene rings is 2. The highest BCUT2D eigenvalue weighted by Gasteiger charge is 2.00. The maximum atomic E-state index is 5.32. The molecular formula is C17H21NO2. The molecule has 0 aromatic heterocycles. The van der Waals surface area contributed by atoms with Gasteiger partial charge in [-0.3, -0.25) is 0 Å². The molecule has 106 valence electrons. The van der Waals surface area contributed by atoms with Crippen LogP contribution in [0.1, 0.15) is 11.1 Å². The number of anilines is 1. The first-order valence-corrected chi connectivity index (χ1v) is 6.74. The van der Waals surface area contributed by atoms with Crippen LogP contribution in [0.4, 0.5) is 5.69 Å². The van der Waals surface area contributed by atoms with Crippen LogP contribution in [0.15, 0.2) is 42.5 Å². The Kier molecular flexibility index (Phi) is 4.88. The molecule has 0 aliphatic heterocycles. The van der Waals surface area contributed by atoms with Crippen LogP contribution in [-0.4, -0.2) is 20.8 Å². The highest BCUT2D eigenvalue weighted by Crippen LogP contribution is 2.22. The maximum Gasteiger partial charge on any atom is 0.123 e. The molecule has 0 atom stereocenters. The molecule has 0 spiro atoms. The monoisotopic (exact) mass is 271 g/mol. The number of hydrogen-bond donors (Lipinski definition) is 1. The molecule has 0 aliphatic carbocycles. The van der Waals surface area contributed by atoms with Gasteiger partial charge in [-0.25, -0.2) is 0 Å². The van der Waals surface area contributed by atoms with Crippen molar-refractivity contribution in [1.29, 1.82) is 0 Å². The first-order chi connectivity index (χ1) is 9.72. The molecule has 0 amide bonds. The Morgan fingerprint density at radius 3 is 2.60 bits per heavy atom. The zero-order valence-corrected chi connectivity index (χ0v) is 12.3. The molecule has 0 bridgehead atoms. The molecule has 3 nitrogen and oxygen atoms in total. The molecule has 0 saturated heterocycles. The molecule has 0 aliphatic rings. The third-order valence-electron chi connectivity index (χ3n) is 3.29. The second kappa shape index (κ2) is 6.85. The highest BCUT2D eigenvalue weighted by atomic mass is 16.5. The minimum atomic E-state index is 0.874. The van der Waals surface area contributed by atoms with Crippen LogP contribution in [-0.2, 0) is 6.42 Å². The van der Waals surface area contributed by atoms with Crippen molar-refractivity contribution in [2.24, 2.45) is 0 Å². The smallest absolute Gasteiger partial charge is 0.123 e. The summed E-state index contributed by atoms with van der Waals surface area (Å²) in [4.78, 5) is 0. The summed E-state index contributed by atoms with van der Waals surface area (Å²) in [7, 11) is 3.39. The molecule has 0 saturated carbocycles. The van der Waals surface area contributed by atoms with Gasteiger partial charge in [0, 0.05) is 18.3 Å². The lowest BCUT2D eigenvalue weighted by atomic mass is 10.1. The van der Waals surface area contributed by atoms with Crippen molar-refractivity contribution in [3.63, 3.8) is 0 Å². The van der Waals surface area contributed by atoms with Gasteiger partial charge in [0.2, 0.25) is 0 Å². The van der Waals surface area contributed by atoms with Crippen LogP contribution in [0.2, 0.25) is 0 Å². The molecule has 2 rings (SSSR count). The Labute approximate surface area is 120 Å². The summed E-state index contributed by atoms with van der Waals surface area (Å²) < 4.78 is 10.5. The van der Waals surface area contributed by atoms with Gasteiger partial charge >= 0.3 is 0 Å². The first kappa shape index (κ1) is 14.3. The van der Waals surface area contributed by atoms with E-state index in [0.717, 1.165) is 35.7 Å². The Morgan fingerprint density at radius 2 is 1.85 bits per heavy atom. The average Bonchev–Trinajstić information content (AvgIpc) is 2.49. The van der Waals surface area contributed by atoms with Gasteiger partial charge in [0.1, 0.15) is 11.5 Å². The van der Waals surface area contributed by atoms with Crippen LogP contribution in [0, 0.1) is 6.92 Å². The molecule has 0 fully saturated rings. The number of ether oxygens (including phenoxy) is 2. The van der Waals surface area contributed by atoms with Gasteiger partial charge in [0.15, 0.2) is 0 Å². The van der Waals surface area contributed by atoms with Crippen LogP contribution in [0.5, 0.6) is 11.5 Å². The van der Waals surface area contributed by atoms with Crippen LogP contribution >= 0.6 is 0 Å². The van der Waals surface area contributed by atoms with E-state index in [1.165, 1.54) is 5.56 Å². The number of hydrogen-bond acceptors (Lipinski definition) is 3. The Bertz CT molecular complexity index is 567. The fourth-order valence-electron chi connectivity index (χ4n) is 2.11. The number of methoxy groups -OCH3 is 2. The fraction of sp³-hybridized carbons (Fsp3) is 0.294. The number of aryl methyl sites for hydroxylation is 1. The lowest BCUT2D eigenvalue weighted by molar-refractivity contribution is 0.412. The van der Waals surface area contributed by atoms with E-state index in [0.29, 0.717) is 0 Å². The van der Waals surface area contributed by atoms with Crippen molar-refractivity contribution in [2.45, 2.75) is 13.3 Å². The van der Waals surface area contributed by atoms with Crippen molar-refractivity contribution in [2.75, 3.05) is 26.1 Å². The summed E-state index contributed by atoms with van der Waals surface area (Å²) in [5.41, 5.74) is 3.48. The van der Waals surface area contributed by atoms with Crippen LogP contribution < -0.4 is 14.8 Å². The summed E-state index contributed by atoms with van der Waals surface area (Å²) in [6.07, 6.45) is 0.952. The highest BCUT2D eigenvalue weighted by molar-refractivity contribution is 5.51. The summed E-state index contributed by atoms with van der Waals surface area (Å²) >= 11 is 0. The SMILES string of the molecule is COc1cccc(CCNc2ccc(C)c(OC)c2)c1. The van der Waals surface area contributed by atoms with Gasteiger partial charge in [-0.2, -0.15) is 0 Å². The molecule has 0 heterocycles. The van der Waals surface area contributed by atoms with Gasteiger partial charge < -0.3 is 14.8 Å². The average molecular weight is 271 g/mol. The molecule has 3 heteroatoms. The zero-order chi connectivity index (χ0) is 14.4. The summed E-state index contributed by atoms with van der Waals surface area (Å²) in [6, 6.07) is 14.3. The van der Waals surface area contributed by atoms with Gasteiger partial charge in [-0.1, -0.05) is 18.2 Å². The molecule has 2 aromatic rings. The molecule has 0 radical (unpaired) electrons. The van der Waals surface area contributed by atoms with E-state index in [2.05, 4.69) is 29.6 Å². The molecule has 2 aromatic carbocycles. The van der Waals surface area contributed by atoms with Gasteiger partial charge in [-0.15, -0.1) is 0 Å². The Hall–Kier alpha value is -2.16. The van der Waals surface area contributed by atoms with Gasteiger partial charge in [0.25, 0.3) is 0 Å². The Balaban J connectivity index is 1.92. The topological polar surface area (TPSA) is 30.5 Å². The van der Waals surface area contributed by atoms with E-state index in [-0.39, 0.29) is 0 Å². The van der Waals surface area contributed by atoms with Gasteiger partial charge in [0.05, 0.1) is 14.2 Å². The lowest BCUT2D eigenvalue weighted by Crippen LogP contribution is -2.05.